The van der Waals surface area contributed by atoms with E-state index >= 15 is 0 Å². The average molecular weight is 289 g/mol. The molecule has 21 heavy (non-hydrogen) atoms. The van der Waals surface area contributed by atoms with Gasteiger partial charge in [0.15, 0.2) is 0 Å². The Hall–Kier alpha value is -1.58. The first kappa shape index (κ1) is 15.8. The number of hydrogen-bond donors (Lipinski definition) is 1. The van der Waals surface area contributed by atoms with Crippen molar-refractivity contribution in [3.8, 4) is 0 Å². The van der Waals surface area contributed by atoms with E-state index in [-0.39, 0.29) is 5.91 Å². The van der Waals surface area contributed by atoms with E-state index in [4.69, 9.17) is 0 Å². The molecule has 2 heterocycles. The summed E-state index contributed by atoms with van der Waals surface area (Å²) in [5.74, 6) is 0.862. The van der Waals surface area contributed by atoms with E-state index in [1.54, 1.807) is 0 Å². The number of likely N-dealkylation sites (tertiary alicyclic amines) is 1. The van der Waals surface area contributed by atoms with Gasteiger partial charge in [-0.1, -0.05) is 19.4 Å². The summed E-state index contributed by atoms with van der Waals surface area (Å²) < 4.78 is 0. The first-order chi connectivity index (χ1) is 10.1. The Morgan fingerprint density at radius 1 is 1.43 bits per heavy atom. The van der Waals surface area contributed by atoms with Crippen LogP contribution in [0.4, 0.5) is 5.82 Å². The van der Waals surface area contributed by atoms with Crippen LogP contribution in [0.25, 0.3) is 0 Å². The topological polar surface area (TPSA) is 45.2 Å². The van der Waals surface area contributed by atoms with Gasteiger partial charge in [-0.15, -0.1) is 0 Å². The van der Waals surface area contributed by atoms with Crippen LogP contribution in [0.3, 0.4) is 0 Å². The van der Waals surface area contributed by atoms with Crippen LogP contribution in [-0.2, 0) is 0 Å². The van der Waals surface area contributed by atoms with Gasteiger partial charge in [-0.3, -0.25) is 4.79 Å². The molecule has 2 rings (SSSR count). The number of anilines is 1. The van der Waals surface area contributed by atoms with Crippen LogP contribution in [0.2, 0.25) is 0 Å². The maximum Gasteiger partial charge on any atom is 0.272 e. The number of amides is 1. The minimum absolute atomic E-state index is 0.0838. The molecule has 1 fully saturated rings. The Morgan fingerprint density at radius 2 is 2.24 bits per heavy atom. The molecule has 1 atom stereocenters. The zero-order valence-corrected chi connectivity index (χ0v) is 13.4. The number of carbonyl (C=O) groups is 1. The van der Waals surface area contributed by atoms with Gasteiger partial charge in [0.25, 0.3) is 5.91 Å². The summed E-state index contributed by atoms with van der Waals surface area (Å²) >= 11 is 0. The van der Waals surface area contributed by atoms with Crippen molar-refractivity contribution in [3.63, 3.8) is 0 Å². The number of rotatable bonds is 5. The number of aromatic nitrogens is 1. The third kappa shape index (κ3) is 4.19. The molecule has 0 aromatic carbocycles. The smallest absolute Gasteiger partial charge is 0.272 e. The average Bonchev–Trinajstić information content (AvgIpc) is 2.47. The molecule has 4 nitrogen and oxygen atoms in total. The highest BCUT2D eigenvalue weighted by atomic mass is 16.2. The van der Waals surface area contributed by atoms with Crippen LogP contribution < -0.4 is 5.32 Å². The van der Waals surface area contributed by atoms with Crippen LogP contribution in [-0.4, -0.2) is 34.4 Å². The van der Waals surface area contributed by atoms with Gasteiger partial charge in [0, 0.05) is 18.6 Å². The molecule has 0 bridgehead atoms. The number of nitrogens with one attached hydrogen (secondary N) is 1. The number of pyridine rings is 1. The minimum Gasteiger partial charge on any atom is -0.368 e. The van der Waals surface area contributed by atoms with Crippen LogP contribution in [0.5, 0.6) is 0 Å². The molecule has 0 spiro atoms. The lowest BCUT2D eigenvalue weighted by Gasteiger charge is -2.35. The summed E-state index contributed by atoms with van der Waals surface area (Å²) in [7, 11) is 0. The van der Waals surface area contributed by atoms with Crippen molar-refractivity contribution in [3.05, 3.63) is 23.9 Å². The van der Waals surface area contributed by atoms with Gasteiger partial charge < -0.3 is 10.2 Å². The Labute approximate surface area is 127 Å². The summed E-state index contributed by atoms with van der Waals surface area (Å²) in [6, 6.07) is 6.34. The number of hydrogen-bond acceptors (Lipinski definition) is 3. The Balaban J connectivity index is 2.14. The molecule has 1 aliphatic rings. The van der Waals surface area contributed by atoms with Crippen LogP contribution in [0, 0.1) is 0 Å². The summed E-state index contributed by atoms with van der Waals surface area (Å²) in [5.41, 5.74) is 0.559. The molecule has 0 saturated carbocycles. The zero-order valence-electron chi connectivity index (χ0n) is 13.4. The van der Waals surface area contributed by atoms with Gasteiger partial charge in [-0.25, -0.2) is 4.98 Å². The molecule has 1 N–H and O–H groups in total. The van der Waals surface area contributed by atoms with Crippen molar-refractivity contribution in [1.29, 1.82) is 0 Å². The molecular formula is C17H27N3O. The van der Waals surface area contributed by atoms with Gasteiger partial charge >= 0.3 is 0 Å². The Bertz CT molecular complexity index is 471. The lowest BCUT2D eigenvalue weighted by molar-refractivity contribution is 0.0594. The highest BCUT2D eigenvalue weighted by molar-refractivity contribution is 5.93. The summed E-state index contributed by atoms with van der Waals surface area (Å²) in [6.45, 7) is 7.19. The minimum atomic E-state index is 0.0838. The van der Waals surface area contributed by atoms with Crippen molar-refractivity contribution >= 4 is 11.7 Å². The van der Waals surface area contributed by atoms with Crippen molar-refractivity contribution in [2.45, 2.75) is 65.0 Å². The number of piperidine rings is 1. The van der Waals surface area contributed by atoms with Gasteiger partial charge in [-0.2, -0.15) is 0 Å². The summed E-state index contributed by atoms with van der Waals surface area (Å²) in [6.07, 6.45) is 5.68. The van der Waals surface area contributed by atoms with E-state index in [9.17, 15) is 4.79 Å². The van der Waals surface area contributed by atoms with E-state index in [0.717, 1.165) is 38.0 Å². The molecule has 1 aromatic rings. The number of carbonyl (C=O) groups excluding carboxylic acids is 1. The first-order valence-corrected chi connectivity index (χ1v) is 8.16. The normalized spacial score (nSPS) is 18.9. The van der Waals surface area contributed by atoms with Crippen LogP contribution in [0.1, 0.15) is 63.4 Å². The van der Waals surface area contributed by atoms with E-state index in [1.807, 2.05) is 23.1 Å². The fourth-order valence-electron chi connectivity index (χ4n) is 2.98. The summed E-state index contributed by atoms with van der Waals surface area (Å²) in [5, 5.41) is 3.26. The maximum atomic E-state index is 12.8. The molecule has 1 unspecified atom stereocenters. The Kier molecular flexibility index (Phi) is 5.59. The lowest BCUT2D eigenvalue weighted by atomic mass is 9.98. The molecule has 0 radical (unpaired) electrons. The Morgan fingerprint density at radius 3 is 2.95 bits per heavy atom. The monoisotopic (exact) mass is 289 g/mol. The van der Waals surface area contributed by atoms with Gasteiger partial charge in [0.2, 0.25) is 0 Å². The molecule has 1 aliphatic heterocycles. The maximum absolute atomic E-state index is 12.8. The quantitative estimate of drug-likeness (QED) is 0.899. The molecule has 4 heteroatoms. The van der Waals surface area contributed by atoms with Crippen LogP contribution >= 0.6 is 0 Å². The molecule has 1 saturated heterocycles. The largest absolute Gasteiger partial charge is 0.368 e. The van der Waals surface area contributed by atoms with Crippen molar-refractivity contribution < 1.29 is 4.79 Å². The van der Waals surface area contributed by atoms with Gasteiger partial charge in [-0.05, 0) is 51.7 Å². The third-order valence-electron chi connectivity index (χ3n) is 3.91. The standard InChI is InChI=1S/C17H27N3O/c1-4-8-14-9-5-6-12-20(14)17(21)15-10-7-11-16(19-15)18-13(2)3/h7,10-11,13-14H,4-6,8-9,12H2,1-3H3,(H,18,19). The van der Waals surface area contributed by atoms with Crippen molar-refractivity contribution in [2.24, 2.45) is 0 Å². The van der Waals surface area contributed by atoms with Crippen LogP contribution in [0.15, 0.2) is 18.2 Å². The molecular weight excluding hydrogens is 262 g/mol. The fraction of sp³-hybridized carbons (Fsp3) is 0.647. The second-order valence-electron chi connectivity index (χ2n) is 6.14. The second kappa shape index (κ2) is 7.43. The van der Waals surface area contributed by atoms with E-state index in [0.29, 0.717) is 17.8 Å². The third-order valence-corrected chi connectivity index (χ3v) is 3.91. The molecule has 1 amide bonds. The van der Waals surface area contributed by atoms with Crippen molar-refractivity contribution in [2.75, 3.05) is 11.9 Å². The van der Waals surface area contributed by atoms with Gasteiger partial charge in [0.1, 0.15) is 11.5 Å². The molecule has 116 valence electrons. The first-order valence-electron chi connectivity index (χ1n) is 8.16. The highest BCUT2D eigenvalue weighted by Gasteiger charge is 2.27. The predicted molar refractivity (Wildman–Crippen MR) is 86.6 cm³/mol. The second-order valence-corrected chi connectivity index (χ2v) is 6.14. The lowest BCUT2D eigenvalue weighted by Crippen LogP contribution is -2.44. The zero-order chi connectivity index (χ0) is 15.2. The predicted octanol–water partition coefficient (Wildman–Crippen LogP) is 3.70. The number of nitrogens with zero attached hydrogens (tertiary/aromatic N) is 2. The molecule has 1 aromatic heterocycles. The SMILES string of the molecule is CCCC1CCCCN1C(=O)c1cccc(NC(C)C)n1. The summed E-state index contributed by atoms with van der Waals surface area (Å²) in [4.78, 5) is 19.3. The fourth-order valence-corrected chi connectivity index (χ4v) is 2.98. The van der Waals surface area contributed by atoms with Crippen molar-refractivity contribution in [1.82, 2.24) is 9.88 Å². The molecule has 0 aliphatic carbocycles. The highest BCUT2D eigenvalue weighted by Crippen LogP contribution is 2.23. The van der Waals surface area contributed by atoms with Gasteiger partial charge in [0.05, 0.1) is 0 Å². The van der Waals surface area contributed by atoms with E-state index in [1.165, 1.54) is 6.42 Å². The van der Waals surface area contributed by atoms with E-state index in [2.05, 4.69) is 31.1 Å². The van der Waals surface area contributed by atoms with E-state index < -0.39 is 0 Å².